The number of hydrogen-bond donors (Lipinski definition) is 1. The molecular formula is C19H24N4O2. The number of rotatable bonds is 6. The van der Waals surface area contributed by atoms with Gasteiger partial charge in [0.25, 0.3) is 0 Å². The third-order valence-corrected chi connectivity index (χ3v) is 5.75. The van der Waals surface area contributed by atoms with Gasteiger partial charge in [-0.15, -0.1) is 0 Å². The highest BCUT2D eigenvalue weighted by atomic mass is 16.5. The highest BCUT2D eigenvalue weighted by Gasteiger charge is 2.42. The first-order valence-electron chi connectivity index (χ1n) is 9.22. The fourth-order valence-corrected chi connectivity index (χ4v) is 4.52. The maximum atomic E-state index is 12.3. The first kappa shape index (κ1) is 16.2. The van der Waals surface area contributed by atoms with Crippen molar-refractivity contribution in [1.29, 1.82) is 0 Å². The lowest BCUT2D eigenvalue weighted by atomic mass is 9.84. The topological polar surface area (TPSA) is 80.9 Å². The molecule has 4 atom stereocenters. The molecule has 2 heterocycles. The molecule has 2 aromatic rings. The van der Waals surface area contributed by atoms with Gasteiger partial charge >= 0.3 is 0 Å². The van der Waals surface area contributed by atoms with Crippen LogP contribution in [0.5, 0.6) is 0 Å². The summed E-state index contributed by atoms with van der Waals surface area (Å²) in [6, 6.07) is 5.81. The number of aromatic nitrogens is 3. The predicted molar refractivity (Wildman–Crippen MR) is 92.4 cm³/mol. The van der Waals surface area contributed by atoms with E-state index >= 15 is 0 Å². The van der Waals surface area contributed by atoms with Gasteiger partial charge in [-0.3, -0.25) is 9.78 Å². The quantitative estimate of drug-likeness (QED) is 0.874. The molecule has 2 aromatic heterocycles. The van der Waals surface area contributed by atoms with Gasteiger partial charge in [-0.25, -0.2) is 0 Å². The zero-order valence-electron chi connectivity index (χ0n) is 14.5. The van der Waals surface area contributed by atoms with Crippen LogP contribution in [0.2, 0.25) is 0 Å². The summed E-state index contributed by atoms with van der Waals surface area (Å²) in [6.45, 7) is 2.15. The van der Waals surface area contributed by atoms with Gasteiger partial charge < -0.3 is 9.84 Å². The minimum Gasteiger partial charge on any atom is -0.353 e. The highest BCUT2D eigenvalue weighted by molar-refractivity contribution is 5.76. The molecule has 0 aromatic carbocycles. The van der Waals surface area contributed by atoms with Crippen LogP contribution >= 0.6 is 0 Å². The molecule has 0 radical (unpaired) electrons. The van der Waals surface area contributed by atoms with E-state index in [1.807, 2.05) is 18.2 Å². The second-order valence-electron chi connectivity index (χ2n) is 7.42. The van der Waals surface area contributed by atoms with E-state index in [0.29, 0.717) is 36.2 Å². The lowest BCUT2D eigenvalue weighted by molar-refractivity contribution is -0.122. The largest absolute Gasteiger partial charge is 0.353 e. The Bertz CT molecular complexity index is 730. The maximum Gasteiger partial charge on any atom is 0.227 e. The molecule has 2 aliphatic rings. The Morgan fingerprint density at radius 3 is 3.00 bits per heavy atom. The van der Waals surface area contributed by atoms with Crippen molar-refractivity contribution < 1.29 is 9.32 Å². The van der Waals surface area contributed by atoms with Crippen LogP contribution in [-0.4, -0.2) is 27.1 Å². The van der Waals surface area contributed by atoms with E-state index in [2.05, 4.69) is 27.4 Å². The lowest BCUT2D eigenvalue weighted by Crippen LogP contribution is -2.40. The maximum absolute atomic E-state index is 12.3. The number of pyridine rings is 1. The average Bonchev–Trinajstić information content (AvgIpc) is 3.37. The summed E-state index contributed by atoms with van der Waals surface area (Å²) < 4.78 is 5.23. The minimum atomic E-state index is 0.0628. The third kappa shape index (κ3) is 3.57. The summed E-state index contributed by atoms with van der Waals surface area (Å²) in [5.74, 6) is 3.37. The van der Waals surface area contributed by atoms with Gasteiger partial charge in [-0.1, -0.05) is 17.6 Å². The molecule has 2 aliphatic carbocycles. The Morgan fingerprint density at radius 2 is 2.28 bits per heavy atom. The summed E-state index contributed by atoms with van der Waals surface area (Å²) in [7, 11) is 0. The number of aryl methyl sites for hydroxylation is 1. The molecule has 4 rings (SSSR count). The summed E-state index contributed by atoms with van der Waals surface area (Å²) >= 11 is 0. The Balaban J connectivity index is 1.27. The van der Waals surface area contributed by atoms with Crippen molar-refractivity contribution in [3.8, 4) is 11.5 Å². The van der Waals surface area contributed by atoms with E-state index in [9.17, 15) is 4.79 Å². The molecular weight excluding hydrogens is 316 g/mol. The standard InChI is InChI=1S/C19H24N4O2/c1-12(15-11-13-5-6-14(15)10-13)21-17(24)7-8-18-22-19(23-25-18)16-4-2-3-9-20-16/h2-4,9,12-15H,5-8,10-11H2,1H3,(H,21,24)/t12-,13-,14-,15+/m0/s1. The van der Waals surface area contributed by atoms with Crippen molar-refractivity contribution in [3.63, 3.8) is 0 Å². The van der Waals surface area contributed by atoms with E-state index in [-0.39, 0.29) is 11.9 Å². The fraction of sp³-hybridized carbons (Fsp3) is 0.579. The lowest BCUT2D eigenvalue weighted by Gasteiger charge is -2.28. The third-order valence-electron chi connectivity index (χ3n) is 5.75. The van der Waals surface area contributed by atoms with E-state index < -0.39 is 0 Å². The molecule has 132 valence electrons. The zero-order valence-corrected chi connectivity index (χ0v) is 14.5. The molecule has 6 heteroatoms. The molecule has 0 spiro atoms. The molecule has 1 N–H and O–H groups in total. The van der Waals surface area contributed by atoms with Gasteiger partial charge in [-0.2, -0.15) is 4.98 Å². The number of fused-ring (bicyclic) bond motifs is 2. The van der Waals surface area contributed by atoms with Gasteiger partial charge in [0.05, 0.1) is 0 Å². The van der Waals surface area contributed by atoms with E-state index in [4.69, 9.17) is 4.52 Å². The minimum absolute atomic E-state index is 0.0628. The monoisotopic (exact) mass is 340 g/mol. The van der Waals surface area contributed by atoms with Crippen LogP contribution in [0.4, 0.5) is 0 Å². The number of carbonyl (C=O) groups excluding carboxylic acids is 1. The van der Waals surface area contributed by atoms with Crippen molar-refractivity contribution in [1.82, 2.24) is 20.4 Å². The normalized spacial score (nSPS) is 25.9. The summed E-state index contributed by atoms with van der Waals surface area (Å²) in [5.41, 5.74) is 0.673. The summed E-state index contributed by atoms with van der Waals surface area (Å²) in [6.07, 6.45) is 7.89. The van der Waals surface area contributed by atoms with Crippen LogP contribution in [0.15, 0.2) is 28.9 Å². The molecule has 2 bridgehead atoms. The van der Waals surface area contributed by atoms with Gasteiger partial charge in [0.15, 0.2) is 0 Å². The highest BCUT2D eigenvalue weighted by Crippen LogP contribution is 2.49. The Morgan fingerprint density at radius 1 is 1.36 bits per heavy atom. The number of nitrogens with one attached hydrogen (secondary N) is 1. The first-order chi connectivity index (χ1) is 12.2. The first-order valence-corrected chi connectivity index (χ1v) is 9.22. The van der Waals surface area contributed by atoms with Gasteiger partial charge in [0, 0.05) is 25.1 Å². The van der Waals surface area contributed by atoms with Crippen LogP contribution in [-0.2, 0) is 11.2 Å². The van der Waals surface area contributed by atoms with Gasteiger partial charge in [-0.05, 0) is 56.1 Å². The molecule has 0 unspecified atom stereocenters. The van der Waals surface area contributed by atoms with Crippen molar-refractivity contribution in [2.24, 2.45) is 17.8 Å². The Labute approximate surface area is 147 Å². The van der Waals surface area contributed by atoms with Crippen LogP contribution < -0.4 is 5.32 Å². The second kappa shape index (κ2) is 6.94. The SMILES string of the molecule is C[C@H](NC(=O)CCc1nc(-c2ccccn2)no1)[C@H]1C[C@H]2CC[C@H]1C2. The summed E-state index contributed by atoms with van der Waals surface area (Å²) in [4.78, 5) is 20.8. The second-order valence-corrected chi connectivity index (χ2v) is 7.42. The van der Waals surface area contributed by atoms with Crippen LogP contribution in [0, 0.1) is 17.8 Å². The van der Waals surface area contributed by atoms with Crippen LogP contribution in [0.1, 0.15) is 44.9 Å². The van der Waals surface area contributed by atoms with E-state index in [0.717, 1.165) is 11.8 Å². The van der Waals surface area contributed by atoms with E-state index in [1.165, 1.54) is 25.7 Å². The molecule has 1 amide bonds. The predicted octanol–water partition coefficient (Wildman–Crippen LogP) is 3.01. The zero-order chi connectivity index (χ0) is 17.2. The van der Waals surface area contributed by atoms with Crippen molar-refractivity contribution in [2.45, 2.75) is 51.5 Å². The number of amides is 1. The van der Waals surface area contributed by atoms with Gasteiger partial charge in [0.2, 0.25) is 17.6 Å². The molecule has 0 aliphatic heterocycles. The smallest absolute Gasteiger partial charge is 0.227 e. The van der Waals surface area contributed by atoms with Crippen molar-refractivity contribution in [2.75, 3.05) is 0 Å². The van der Waals surface area contributed by atoms with Crippen molar-refractivity contribution >= 4 is 5.91 Å². The molecule has 2 saturated carbocycles. The van der Waals surface area contributed by atoms with Gasteiger partial charge in [0.1, 0.15) is 5.69 Å². The molecule has 6 nitrogen and oxygen atoms in total. The number of carbonyl (C=O) groups is 1. The molecule has 0 saturated heterocycles. The molecule has 2 fully saturated rings. The summed E-state index contributed by atoms with van der Waals surface area (Å²) in [5, 5.41) is 7.11. The van der Waals surface area contributed by atoms with Crippen LogP contribution in [0.3, 0.4) is 0 Å². The number of nitrogens with zero attached hydrogens (tertiary/aromatic N) is 3. The average molecular weight is 340 g/mol. The van der Waals surface area contributed by atoms with Crippen molar-refractivity contribution in [3.05, 3.63) is 30.3 Å². The van der Waals surface area contributed by atoms with Crippen LogP contribution in [0.25, 0.3) is 11.5 Å². The fourth-order valence-electron chi connectivity index (χ4n) is 4.52. The number of hydrogen-bond acceptors (Lipinski definition) is 5. The molecule has 25 heavy (non-hydrogen) atoms. The van der Waals surface area contributed by atoms with E-state index in [1.54, 1.807) is 6.20 Å². The Kier molecular flexibility index (Phi) is 4.51. The Hall–Kier alpha value is -2.24.